The number of amides is 1. The summed E-state index contributed by atoms with van der Waals surface area (Å²) >= 11 is 5.91. The molecule has 23 heavy (non-hydrogen) atoms. The molecular formula is C16H17ClN2O3S. The van der Waals surface area contributed by atoms with Crippen LogP contribution in [0.15, 0.2) is 48.5 Å². The molecule has 0 fully saturated rings. The van der Waals surface area contributed by atoms with E-state index in [4.69, 9.17) is 11.6 Å². The van der Waals surface area contributed by atoms with E-state index in [-0.39, 0.29) is 5.91 Å². The summed E-state index contributed by atoms with van der Waals surface area (Å²) in [6, 6.07) is 13.7. The number of carbonyl (C=O) groups is 1. The monoisotopic (exact) mass is 352 g/mol. The van der Waals surface area contributed by atoms with Crippen LogP contribution in [-0.2, 0) is 16.6 Å². The van der Waals surface area contributed by atoms with Gasteiger partial charge in [-0.25, -0.2) is 8.42 Å². The molecule has 0 unspecified atom stereocenters. The van der Waals surface area contributed by atoms with E-state index in [9.17, 15) is 13.2 Å². The molecule has 0 atom stereocenters. The quantitative estimate of drug-likeness (QED) is 0.899. The number of anilines is 1. The van der Waals surface area contributed by atoms with Crippen molar-refractivity contribution < 1.29 is 13.2 Å². The molecule has 1 N–H and O–H groups in total. The van der Waals surface area contributed by atoms with Crippen molar-refractivity contribution >= 4 is 33.2 Å². The van der Waals surface area contributed by atoms with Crippen molar-refractivity contribution in [3.8, 4) is 0 Å². The summed E-state index contributed by atoms with van der Waals surface area (Å²) in [5.41, 5.74) is 1.49. The van der Waals surface area contributed by atoms with Crippen LogP contribution < -0.4 is 9.62 Å². The van der Waals surface area contributed by atoms with Crippen molar-refractivity contribution in [2.24, 2.45) is 0 Å². The highest BCUT2D eigenvalue weighted by Crippen LogP contribution is 2.21. The van der Waals surface area contributed by atoms with Gasteiger partial charge >= 0.3 is 0 Å². The van der Waals surface area contributed by atoms with Gasteiger partial charge in [-0.15, -0.1) is 0 Å². The van der Waals surface area contributed by atoms with Crippen molar-refractivity contribution in [3.63, 3.8) is 0 Å². The highest BCUT2D eigenvalue weighted by atomic mass is 35.5. The number of nitrogens with zero attached hydrogens (tertiary/aromatic N) is 1. The lowest BCUT2D eigenvalue weighted by molar-refractivity contribution is 0.0951. The first-order valence-corrected chi connectivity index (χ1v) is 9.07. The molecule has 122 valence electrons. The maximum Gasteiger partial charge on any atom is 0.253 e. The van der Waals surface area contributed by atoms with Crippen LogP contribution in [0.25, 0.3) is 0 Å². The van der Waals surface area contributed by atoms with Gasteiger partial charge in [-0.3, -0.25) is 9.10 Å². The molecule has 2 aromatic carbocycles. The smallest absolute Gasteiger partial charge is 0.253 e. The van der Waals surface area contributed by atoms with Gasteiger partial charge < -0.3 is 5.32 Å². The number of nitrogens with one attached hydrogen (secondary N) is 1. The average molecular weight is 353 g/mol. The van der Waals surface area contributed by atoms with Crippen LogP contribution in [-0.4, -0.2) is 27.6 Å². The molecule has 2 aromatic rings. The molecule has 0 bridgehead atoms. The van der Waals surface area contributed by atoms with Crippen LogP contribution in [0, 0.1) is 0 Å². The number of hydrogen-bond acceptors (Lipinski definition) is 3. The summed E-state index contributed by atoms with van der Waals surface area (Å²) in [5, 5.41) is 3.36. The topological polar surface area (TPSA) is 66.5 Å². The zero-order valence-electron chi connectivity index (χ0n) is 12.8. The summed E-state index contributed by atoms with van der Waals surface area (Å²) < 4.78 is 24.5. The van der Waals surface area contributed by atoms with Gasteiger partial charge in [0.05, 0.1) is 17.5 Å². The number of sulfonamides is 1. The Morgan fingerprint density at radius 1 is 1.17 bits per heavy atom. The second kappa shape index (κ2) is 7.02. The molecule has 0 aromatic heterocycles. The normalized spacial score (nSPS) is 11.1. The van der Waals surface area contributed by atoms with Crippen LogP contribution >= 0.6 is 11.6 Å². The number of benzene rings is 2. The number of hydrogen-bond donors (Lipinski definition) is 1. The Morgan fingerprint density at radius 2 is 1.87 bits per heavy atom. The van der Waals surface area contributed by atoms with Crippen molar-refractivity contribution in [2.75, 3.05) is 17.6 Å². The first kappa shape index (κ1) is 17.3. The van der Waals surface area contributed by atoms with Crippen LogP contribution in [0.5, 0.6) is 0 Å². The Bertz CT molecular complexity index is 822. The highest BCUT2D eigenvalue weighted by molar-refractivity contribution is 7.92. The van der Waals surface area contributed by atoms with Crippen molar-refractivity contribution in [2.45, 2.75) is 6.54 Å². The second-order valence-corrected chi connectivity index (χ2v) is 7.51. The lowest BCUT2D eigenvalue weighted by Gasteiger charge is -2.19. The van der Waals surface area contributed by atoms with Gasteiger partial charge in [0, 0.05) is 18.6 Å². The molecule has 0 saturated carbocycles. The van der Waals surface area contributed by atoms with E-state index in [0.29, 0.717) is 22.8 Å². The minimum absolute atomic E-state index is 0.294. The number of halogens is 1. The zero-order valence-corrected chi connectivity index (χ0v) is 14.4. The minimum atomic E-state index is -3.45. The van der Waals surface area contributed by atoms with E-state index in [1.165, 1.54) is 7.05 Å². The summed E-state index contributed by atoms with van der Waals surface area (Å²) in [6.07, 6.45) is 1.09. The van der Waals surface area contributed by atoms with E-state index in [0.717, 1.165) is 16.1 Å². The predicted molar refractivity (Wildman–Crippen MR) is 92.3 cm³/mol. The summed E-state index contributed by atoms with van der Waals surface area (Å²) in [4.78, 5) is 12.4. The Morgan fingerprint density at radius 3 is 2.52 bits per heavy atom. The Balaban J connectivity index is 2.20. The first-order valence-electron chi connectivity index (χ1n) is 6.84. The number of carbonyl (C=O) groups excluding carboxylic acids is 1. The highest BCUT2D eigenvalue weighted by Gasteiger charge is 2.19. The molecule has 0 saturated heterocycles. The maximum atomic E-state index is 12.4. The Hall–Kier alpha value is -2.05. The molecule has 7 heteroatoms. The molecule has 1 amide bonds. The number of para-hydroxylation sites is 1. The van der Waals surface area contributed by atoms with Gasteiger partial charge in [-0.05, 0) is 29.8 Å². The molecular weight excluding hydrogens is 336 g/mol. The van der Waals surface area contributed by atoms with Crippen LogP contribution in [0.3, 0.4) is 0 Å². The summed E-state index contributed by atoms with van der Waals surface area (Å²) in [5.74, 6) is -0.351. The fourth-order valence-electron chi connectivity index (χ4n) is 2.04. The minimum Gasteiger partial charge on any atom is -0.348 e. The third-order valence-corrected chi connectivity index (χ3v) is 4.75. The lowest BCUT2D eigenvalue weighted by Crippen LogP contribution is -2.29. The van der Waals surface area contributed by atoms with Crippen molar-refractivity contribution in [3.05, 3.63) is 64.7 Å². The Labute approximate surface area is 140 Å². The maximum absolute atomic E-state index is 12.4. The summed E-state index contributed by atoms with van der Waals surface area (Å²) in [7, 11) is -2.03. The largest absolute Gasteiger partial charge is 0.348 e. The zero-order chi connectivity index (χ0) is 17.0. The van der Waals surface area contributed by atoms with Gasteiger partial charge in [0.1, 0.15) is 0 Å². The molecule has 0 heterocycles. The van der Waals surface area contributed by atoms with Gasteiger partial charge in [0.2, 0.25) is 10.0 Å². The van der Waals surface area contributed by atoms with Gasteiger partial charge in [-0.2, -0.15) is 0 Å². The fourth-order valence-corrected chi connectivity index (χ4v) is 2.77. The van der Waals surface area contributed by atoms with E-state index in [1.807, 2.05) is 6.07 Å². The van der Waals surface area contributed by atoms with Crippen LogP contribution in [0.4, 0.5) is 5.69 Å². The average Bonchev–Trinajstić information content (AvgIpc) is 2.51. The Kier molecular flexibility index (Phi) is 5.28. The number of rotatable bonds is 5. The molecule has 5 nitrogen and oxygen atoms in total. The predicted octanol–water partition coefficient (Wildman–Crippen LogP) is 2.67. The first-order chi connectivity index (χ1) is 10.8. The third-order valence-electron chi connectivity index (χ3n) is 3.33. The second-order valence-electron chi connectivity index (χ2n) is 5.06. The van der Waals surface area contributed by atoms with Gasteiger partial charge in [0.25, 0.3) is 5.91 Å². The van der Waals surface area contributed by atoms with Crippen molar-refractivity contribution in [1.29, 1.82) is 0 Å². The lowest BCUT2D eigenvalue weighted by atomic mass is 10.1. The van der Waals surface area contributed by atoms with E-state index in [2.05, 4.69) is 5.32 Å². The SMILES string of the molecule is CN(c1ccccc1C(=O)NCc1cccc(Cl)c1)S(C)(=O)=O. The van der Waals surface area contributed by atoms with Crippen LogP contribution in [0.2, 0.25) is 5.02 Å². The van der Waals surface area contributed by atoms with Gasteiger partial charge in [-0.1, -0.05) is 35.9 Å². The molecule has 0 aliphatic rings. The fraction of sp³-hybridized carbons (Fsp3) is 0.188. The standard InChI is InChI=1S/C16H17ClN2O3S/c1-19(23(2,21)22)15-9-4-3-8-14(15)16(20)18-11-12-6-5-7-13(17)10-12/h3-10H,11H2,1-2H3,(H,18,20). The van der Waals surface area contributed by atoms with Crippen molar-refractivity contribution in [1.82, 2.24) is 5.32 Å². The van der Waals surface area contributed by atoms with E-state index >= 15 is 0 Å². The van der Waals surface area contributed by atoms with E-state index in [1.54, 1.807) is 42.5 Å². The van der Waals surface area contributed by atoms with Gasteiger partial charge in [0.15, 0.2) is 0 Å². The van der Waals surface area contributed by atoms with E-state index < -0.39 is 10.0 Å². The molecule has 2 rings (SSSR count). The molecule has 0 spiro atoms. The molecule has 0 aliphatic carbocycles. The van der Waals surface area contributed by atoms with Crippen LogP contribution in [0.1, 0.15) is 15.9 Å². The molecule has 0 radical (unpaired) electrons. The molecule has 0 aliphatic heterocycles. The third kappa shape index (κ3) is 4.46. The summed E-state index contributed by atoms with van der Waals surface area (Å²) in [6.45, 7) is 0.302.